The largest absolute Gasteiger partial charge is 0.508 e. The smallest absolute Gasteiger partial charge is 0.121 e. The van der Waals surface area contributed by atoms with Crippen molar-refractivity contribution in [1.29, 1.82) is 0 Å². The van der Waals surface area contributed by atoms with Crippen LogP contribution in [0.3, 0.4) is 0 Å². The molecule has 2 heterocycles. The molecular weight excluding hydrogens is 392 g/mol. The van der Waals surface area contributed by atoms with Gasteiger partial charge < -0.3 is 30.3 Å². The minimum atomic E-state index is -1.49. The molecule has 2 aromatic carbocycles. The van der Waals surface area contributed by atoms with Crippen molar-refractivity contribution in [3.05, 3.63) is 64.0 Å². The van der Waals surface area contributed by atoms with Gasteiger partial charge in [0.05, 0.1) is 6.61 Å². The summed E-state index contributed by atoms with van der Waals surface area (Å²) in [4.78, 5) is 1.17. The van der Waals surface area contributed by atoms with E-state index in [1.807, 2.05) is 19.1 Å². The molecule has 0 radical (unpaired) electrons. The molecule has 7 heteroatoms. The maximum absolute atomic E-state index is 10.5. The predicted octanol–water partition coefficient (Wildman–Crippen LogP) is 2.02. The summed E-state index contributed by atoms with van der Waals surface area (Å²) in [6, 6.07) is 13.7. The SMILES string of the molecule is Cc1cc(O)c([C@@H]2O[C@H](CO)[C@@H](O)[C@H](O)[C@H]2O)cc1Cc1cc2ccccc2s1. The maximum Gasteiger partial charge on any atom is 0.121 e. The van der Waals surface area contributed by atoms with Crippen molar-refractivity contribution >= 4 is 21.4 Å². The lowest BCUT2D eigenvalue weighted by atomic mass is 9.89. The Morgan fingerprint density at radius 2 is 1.76 bits per heavy atom. The van der Waals surface area contributed by atoms with E-state index in [4.69, 9.17) is 4.74 Å². The third-order valence-corrected chi connectivity index (χ3v) is 6.64. The highest BCUT2D eigenvalue weighted by Crippen LogP contribution is 2.38. The Hall–Kier alpha value is -2.00. The molecule has 1 aliphatic rings. The van der Waals surface area contributed by atoms with E-state index in [1.165, 1.54) is 15.0 Å². The van der Waals surface area contributed by atoms with Crippen molar-refractivity contribution in [1.82, 2.24) is 0 Å². The molecule has 1 aliphatic heterocycles. The summed E-state index contributed by atoms with van der Waals surface area (Å²) in [5, 5.41) is 51.6. The fraction of sp³-hybridized carbons (Fsp3) is 0.364. The Morgan fingerprint density at radius 3 is 2.48 bits per heavy atom. The minimum absolute atomic E-state index is 0.0630. The third kappa shape index (κ3) is 3.77. The highest BCUT2D eigenvalue weighted by Gasteiger charge is 2.44. The molecule has 0 saturated carbocycles. The molecule has 0 bridgehead atoms. The number of phenols is 1. The molecule has 5 N–H and O–H groups in total. The topological polar surface area (TPSA) is 110 Å². The van der Waals surface area contributed by atoms with Crippen LogP contribution in [-0.4, -0.2) is 56.6 Å². The lowest BCUT2D eigenvalue weighted by Gasteiger charge is -2.40. The van der Waals surface area contributed by atoms with Gasteiger partial charge in [0.25, 0.3) is 0 Å². The van der Waals surface area contributed by atoms with Crippen molar-refractivity contribution in [3.63, 3.8) is 0 Å². The van der Waals surface area contributed by atoms with E-state index >= 15 is 0 Å². The molecule has 0 amide bonds. The molecular formula is C22H24O6S. The first-order valence-electron chi connectivity index (χ1n) is 9.49. The van der Waals surface area contributed by atoms with Gasteiger partial charge in [0, 0.05) is 21.6 Å². The fourth-order valence-electron chi connectivity index (χ4n) is 3.85. The number of aliphatic hydroxyl groups is 4. The zero-order valence-electron chi connectivity index (χ0n) is 15.9. The number of aryl methyl sites for hydroxylation is 1. The number of phenolic OH excluding ortho intramolecular Hbond substituents is 1. The molecule has 0 unspecified atom stereocenters. The number of aromatic hydroxyl groups is 1. The number of benzene rings is 2. The molecule has 0 spiro atoms. The molecule has 1 saturated heterocycles. The van der Waals surface area contributed by atoms with E-state index in [0.717, 1.165) is 11.1 Å². The zero-order valence-corrected chi connectivity index (χ0v) is 16.7. The van der Waals surface area contributed by atoms with Gasteiger partial charge in [0.2, 0.25) is 0 Å². The van der Waals surface area contributed by atoms with Crippen LogP contribution in [0.1, 0.15) is 27.7 Å². The van der Waals surface area contributed by atoms with Crippen LogP contribution in [0, 0.1) is 6.92 Å². The minimum Gasteiger partial charge on any atom is -0.508 e. The summed E-state index contributed by atoms with van der Waals surface area (Å²) in [6.45, 7) is 1.39. The van der Waals surface area contributed by atoms with Crippen molar-refractivity contribution in [2.45, 2.75) is 43.9 Å². The van der Waals surface area contributed by atoms with Crippen LogP contribution in [0.5, 0.6) is 5.75 Å². The standard InChI is InChI=1S/C22H24O6S/c1-11-6-16(24)15(22-21(27)20(26)19(25)17(10-23)28-22)9-13(11)8-14-7-12-4-2-3-5-18(12)29-14/h2-7,9,17,19-27H,8,10H2,1H3/t17-,19-,20+,21-,22+/m1/s1. The summed E-state index contributed by atoms with van der Waals surface area (Å²) in [7, 11) is 0. The summed E-state index contributed by atoms with van der Waals surface area (Å²) >= 11 is 1.70. The first-order chi connectivity index (χ1) is 13.9. The second-order valence-electron chi connectivity index (χ2n) is 7.51. The summed E-state index contributed by atoms with van der Waals surface area (Å²) in [6.07, 6.45) is -5.79. The lowest BCUT2D eigenvalue weighted by Crippen LogP contribution is -2.55. The fourth-order valence-corrected chi connectivity index (χ4v) is 4.93. The Labute approximate surface area is 172 Å². The summed E-state index contributed by atoms with van der Waals surface area (Å²) in [5.74, 6) is -0.0630. The first kappa shape index (κ1) is 20.3. The molecule has 6 nitrogen and oxygen atoms in total. The average molecular weight is 416 g/mol. The highest BCUT2D eigenvalue weighted by molar-refractivity contribution is 7.19. The van der Waals surface area contributed by atoms with Gasteiger partial charge in [-0.1, -0.05) is 18.2 Å². The molecule has 29 heavy (non-hydrogen) atoms. The number of fused-ring (bicyclic) bond motifs is 1. The molecule has 3 aromatic rings. The van der Waals surface area contributed by atoms with E-state index in [0.29, 0.717) is 12.0 Å². The highest BCUT2D eigenvalue weighted by atomic mass is 32.1. The summed E-state index contributed by atoms with van der Waals surface area (Å²) in [5.41, 5.74) is 2.18. The van der Waals surface area contributed by atoms with Gasteiger partial charge in [-0.25, -0.2) is 0 Å². The van der Waals surface area contributed by atoms with Crippen molar-refractivity contribution in [2.75, 3.05) is 6.61 Å². The van der Waals surface area contributed by atoms with Crippen LogP contribution in [0.15, 0.2) is 42.5 Å². The van der Waals surface area contributed by atoms with Gasteiger partial charge in [-0.2, -0.15) is 0 Å². The van der Waals surface area contributed by atoms with Gasteiger partial charge >= 0.3 is 0 Å². The number of ether oxygens (including phenoxy) is 1. The molecule has 1 fully saturated rings. The quantitative estimate of drug-likeness (QED) is 0.445. The van der Waals surface area contributed by atoms with Crippen LogP contribution in [-0.2, 0) is 11.2 Å². The monoisotopic (exact) mass is 416 g/mol. The maximum atomic E-state index is 10.5. The second-order valence-corrected chi connectivity index (χ2v) is 8.68. The van der Waals surface area contributed by atoms with E-state index < -0.39 is 37.1 Å². The van der Waals surface area contributed by atoms with Gasteiger partial charge in [-0.3, -0.25) is 0 Å². The van der Waals surface area contributed by atoms with Crippen molar-refractivity contribution in [3.8, 4) is 5.75 Å². The Morgan fingerprint density at radius 1 is 1.00 bits per heavy atom. The third-order valence-electron chi connectivity index (χ3n) is 5.53. The normalized spacial score (nSPS) is 27.4. The number of rotatable bonds is 4. The molecule has 1 aromatic heterocycles. The van der Waals surface area contributed by atoms with Crippen molar-refractivity contribution < 1.29 is 30.3 Å². The van der Waals surface area contributed by atoms with E-state index in [9.17, 15) is 25.5 Å². The predicted molar refractivity (Wildman–Crippen MR) is 110 cm³/mol. The first-order valence-corrected chi connectivity index (χ1v) is 10.3. The number of hydrogen-bond acceptors (Lipinski definition) is 7. The Balaban J connectivity index is 1.68. The Kier molecular flexibility index (Phi) is 5.61. The van der Waals surface area contributed by atoms with Crippen LogP contribution >= 0.6 is 11.3 Å². The van der Waals surface area contributed by atoms with Gasteiger partial charge in [-0.05, 0) is 47.7 Å². The number of hydrogen-bond donors (Lipinski definition) is 5. The molecule has 154 valence electrons. The van der Waals surface area contributed by atoms with Gasteiger partial charge in [-0.15, -0.1) is 11.3 Å². The lowest BCUT2D eigenvalue weighted by molar-refractivity contribution is -0.232. The summed E-state index contributed by atoms with van der Waals surface area (Å²) < 4.78 is 6.83. The van der Waals surface area contributed by atoms with Crippen LogP contribution in [0.4, 0.5) is 0 Å². The van der Waals surface area contributed by atoms with Gasteiger partial charge in [0.15, 0.2) is 0 Å². The number of thiophene rings is 1. The second kappa shape index (κ2) is 8.02. The van der Waals surface area contributed by atoms with E-state index in [-0.39, 0.29) is 5.75 Å². The van der Waals surface area contributed by atoms with E-state index in [2.05, 4.69) is 18.2 Å². The van der Waals surface area contributed by atoms with E-state index in [1.54, 1.807) is 23.5 Å². The Bertz CT molecular complexity index is 981. The zero-order chi connectivity index (χ0) is 20.7. The van der Waals surface area contributed by atoms with Crippen LogP contribution in [0.2, 0.25) is 0 Å². The van der Waals surface area contributed by atoms with Gasteiger partial charge in [0.1, 0.15) is 36.3 Å². The molecule has 0 aliphatic carbocycles. The van der Waals surface area contributed by atoms with Crippen LogP contribution in [0.25, 0.3) is 10.1 Å². The van der Waals surface area contributed by atoms with Crippen molar-refractivity contribution in [2.24, 2.45) is 0 Å². The number of aliphatic hydroxyl groups excluding tert-OH is 4. The van der Waals surface area contributed by atoms with Crippen LogP contribution < -0.4 is 0 Å². The average Bonchev–Trinajstić information content (AvgIpc) is 3.11. The molecule has 4 rings (SSSR count). The molecule has 5 atom stereocenters.